The largest absolute Gasteiger partial charge is 0.411 e. The Bertz CT molecular complexity index is 650. The minimum absolute atomic E-state index is 0.367. The molecule has 0 amide bonds. The van der Waals surface area contributed by atoms with E-state index in [1.807, 2.05) is 6.92 Å². The second-order valence-corrected chi connectivity index (χ2v) is 4.17. The molecule has 4 heteroatoms. The van der Waals surface area contributed by atoms with E-state index in [-0.39, 0.29) is 5.82 Å². The zero-order chi connectivity index (χ0) is 13.8. The van der Waals surface area contributed by atoms with Crippen LogP contribution in [0.5, 0.6) is 0 Å². The summed E-state index contributed by atoms with van der Waals surface area (Å²) in [4.78, 5) is 11.8. The summed E-state index contributed by atoms with van der Waals surface area (Å²) in [6.07, 6.45) is 0.827. The Morgan fingerprint density at radius 1 is 1.26 bits per heavy atom. The third-order valence-electron chi connectivity index (χ3n) is 2.75. The van der Waals surface area contributed by atoms with Crippen molar-refractivity contribution in [3.8, 4) is 11.1 Å². The number of hydrogen-bond acceptors (Lipinski definition) is 3. The Kier molecular flexibility index (Phi) is 3.71. The highest BCUT2D eigenvalue weighted by Crippen LogP contribution is 2.25. The minimum atomic E-state index is -0.429. The second kappa shape index (κ2) is 5.44. The van der Waals surface area contributed by atoms with E-state index in [2.05, 4.69) is 5.16 Å². The third kappa shape index (κ3) is 2.85. The summed E-state index contributed by atoms with van der Waals surface area (Å²) in [5.41, 5.74) is 2.55. The maximum absolute atomic E-state index is 13.3. The summed E-state index contributed by atoms with van der Waals surface area (Å²) >= 11 is 0. The van der Waals surface area contributed by atoms with Gasteiger partial charge in [-0.15, -0.1) is 0 Å². The Labute approximate surface area is 110 Å². The molecule has 0 atom stereocenters. The van der Waals surface area contributed by atoms with E-state index in [4.69, 9.17) is 5.21 Å². The van der Waals surface area contributed by atoms with Crippen LogP contribution >= 0.6 is 0 Å². The number of benzene rings is 2. The maximum Gasteiger partial charge on any atom is 0.207 e. The molecule has 19 heavy (non-hydrogen) atoms. The standard InChI is InChI=1S/C15H12FNO2/c1-10-5-6-13(15(18)9-17-19)14(7-10)11-3-2-4-12(16)8-11/h2-9,19H,1H3/b17-9-. The van der Waals surface area contributed by atoms with Gasteiger partial charge in [-0.2, -0.15) is 0 Å². The van der Waals surface area contributed by atoms with Crippen molar-refractivity contribution in [3.63, 3.8) is 0 Å². The van der Waals surface area contributed by atoms with E-state index in [0.29, 0.717) is 16.7 Å². The van der Waals surface area contributed by atoms with E-state index in [1.54, 1.807) is 30.3 Å². The number of carbonyl (C=O) groups is 1. The SMILES string of the molecule is Cc1ccc(C(=O)/C=N\O)c(-c2cccc(F)c2)c1. The molecule has 2 rings (SSSR count). The zero-order valence-electron chi connectivity index (χ0n) is 10.3. The fraction of sp³-hybridized carbons (Fsp3) is 0.0667. The van der Waals surface area contributed by atoms with Gasteiger partial charge in [-0.1, -0.05) is 41.1 Å². The molecule has 0 unspecified atom stereocenters. The summed E-state index contributed by atoms with van der Waals surface area (Å²) in [5, 5.41) is 11.2. The summed E-state index contributed by atoms with van der Waals surface area (Å²) in [7, 11) is 0. The van der Waals surface area contributed by atoms with E-state index in [0.717, 1.165) is 11.8 Å². The predicted octanol–water partition coefficient (Wildman–Crippen LogP) is 3.44. The molecule has 3 nitrogen and oxygen atoms in total. The van der Waals surface area contributed by atoms with E-state index >= 15 is 0 Å². The fourth-order valence-corrected chi connectivity index (χ4v) is 1.89. The van der Waals surface area contributed by atoms with E-state index < -0.39 is 5.78 Å². The molecule has 0 fully saturated rings. The molecular formula is C15H12FNO2. The number of halogens is 1. The fourth-order valence-electron chi connectivity index (χ4n) is 1.89. The van der Waals surface area contributed by atoms with Gasteiger partial charge in [0.1, 0.15) is 12.0 Å². The first kappa shape index (κ1) is 13.0. The molecular weight excluding hydrogens is 245 g/mol. The van der Waals surface area contributed by atoms with Crippen molar-refractivity contribution in [1.82, 2.24) is 0 Å². The van der Waals surface area contributed by atoms with E-state index in [9.17, 15) is 9.18 Å². The molecule has 0 aliphatic rings. The molecule has 1 N–H and O–H groups in total. The molecule has 0 bridgehead atoms. The van der Waals surface area contributed by atoms with Crippen molar-refractivity contribution in [2.24, 2.45) is 5.16 Å². The van der Waals surface area contributed by atoms with Crippen LogP contribution in [0.4, 0.5) is 4.39 Å². The molecule has 0 aromatic heterocycles. The Morgan fingerprint density at radius 3 is 2.74 bits per heavy atom. The normalized spacial score (nSPS) is 10.8. The van der Waals surface area contributed by atoms with Gasteiger partial charge >= 0.3 is 0 Å². The van der Waals surface area contributed by atoms with Crippen LogP contribution in [0.1, 0.15) is 15.9 Å². The van der Waals surface area contributed by atoms with Crippen molar-refractivity contribution in [2.75, 3.05) is 0 Å². The lowest BCUT2D eigenvalue weighted by atomic mass is 9.95. The molecule has 0 aliphatic heterocycles. The first-order valence-electron chi connectivity index (χ1n) is 5.70. The number of oxime groups is 1. The Hall–Kier alpha value is -2.49. The quantitative estimate of drug-likeness (QED) is 0.396. The smallest absolute Gasteiger partial charge is 0.207 e. The highest BCUT2D eigenvalue weighted by Gasteiger charge is 2.12. The van der Waals surface area contributed by atoms with Crippen LogP contribution in [0.3, 0.4) is 0 Å². The van der Waals surface area contributed by atoms with Gasteiger partial charge in [-0.3, -0.25) is 4.79 Å². The molecule has 0 spiro atoms. The van der Waals surface area contributed by atoms with Crippen LogP contribution in [0.15, 0.2) is 47.6 Å². The first-order valence-corrected chi connectivity index (χ1v) is 5.70. The summed E-state index contributed by atoms with van der Waals surface area (Å²) in [6.45, 7) is 1.89. The van der Waals surface area contributed by atoms with Gasteiger partial charge in [0, 0.05) is 5.56 Å². The van der Waals surface area contributed by atoms with Gasteiger partial charge in [0.25, 0.3) is 0 Å². The number of rotatable bonds is 3. The van der Waals surface area contributed by atoms with Gasteiger partial charge < -0.3 is 5.21 Å². The lowest BCUT2D eigenvalue weighted by Gasteiger charge is -2.08. The number of aryl methyl sites for hydroxylation is 1. The molecule has 2 aromatic carbocycles. The molecule has 2 aromatic rings. The van der Waals surface area contributed by atoms with Crippen molar-refractivity contribution in [3.05, 3.63) is 59.4 Å². The van der Waals surface area contributed by atoms with Gasteiger partial charge in [0.05, 0.1) is 0 Å². The summed E-state index contributed by atoms with van der Waals surface area (Å²) in [5.74, 6) is -0.796. The minimum Gasteiger partial charge on any atom is -0.411 e. The second-order valence-electron chi connectivity index (χ2n) is 4.17. The molecule has 96 valence electrons. The number of ketones is 1. The van der Waals surface area contributed by atoms with Gasteiger partial charge in [-0.05, 0) is 30.2 Å². The van der Waals surface area contributed by atoms with Gasteiger partial charge in [0.15, 0.2) is 0 Å². The molecule has 0 saturated heterocycles. The molecule has 0 radical (unpaired) electrons. The zero-order valence-corrected chi connectivity index (χ0v) is 10.3. The van der Waals surface area contributed by atoms with Crippen LogP contribution in [0, 0.1) is 12.7 Å². The highest BCUT2D eigenvalue weighted by atomic mass is 19.1. The number of carbonyl (C=O) groups excluding carboxylic acids is 1. The van der Waals surface area contributed by atoms with Crippen LogP contribution in [-0.4, -0.2) is 17.2 Å². The lowest BCUT2D eigenvalue weighted by molar-refractivity contribution is 0.106. The van der Waals surface area contributed by atoms with Gasteiger partial charge in [0.2, 0.25) is 5.78 Å². The Morgan fingerprint density at radius 2 is 2.05 bits per heavy atom. The first-order chi connectivity index (χ1) is 9.11. The molecule has 0 saturated carbocycles. The van der Waals surface area contributed by atoms with Crippen molar-refractivity contribution >= 4 is 12.0 Å². The monoisotopic (exact) mass is 257 g/mol. The van der Waals surface area contributed by atoms with Crippen molar-refractivity contribution in [2.45, 2.75) is 6.92 Å². The van der Waals surface area contributed by atoms with Crippen molar-refractivity contribution < 1.29 is 14.4 Å². The highest BCUT2D eigenvalue weighted by molar-refractivity contribution is 6.36. The average Bonchev–Trinajstić information content (AvgIpc) is 2.39. The third-order valence-corrected chi connectivity index (χ3v) is 2.75. The van der Waals surface area contributed by atoms with Gasteiger partial charge in [-0.25, -0.2) is 4.39 Å². The number of Topliss-reactive ketones (excluding diaryl/α,β-unsaturated/α-hetero) is 1. The van der Waals surface area contributed by atoms with Crippen LogP contribution in [0.25, 0.3) is 11.1 Å². The van der Waals surface area contributed by atoms with Crippen LogP contribution in [-0.2, 0) is 0 Å². The average molecular weight is 257 g/mol. The van der Waals surface area contributed by atoms with Crippen LogP contribution in [0.2, 0.25) is 0 Å². The molecule has 0 heterocycles. The lowest BCUT2D eigenvalue weighted by Crippen LogP contribution is -2.03. The topological polar surface area (TPSA) is 49.7 Å². The Balaban J connectivity index is 2.61. The number of hydrogen-bond donors (Lipinski definition) is 1. The van der Waals surface area contributed by atoms with Crippen molar-refractivity contribution in [1.29, 1.82) is 0 Å². The summed E-state index contributed by atoms with van der Waals surface area (Å²) in [6, 6.07) is 11.2. The predicted molar refractivity (Wildman–Crippen MR) is 71.2 cm³/mol. The maximum atomic E-state index is 13.3. The van der Waals surface area contributed by atoms with Crippen LogP contribution < -0.4 is 0 Å². The molecule has 0 aliphatic carbocycles. The number of nitrogens with zero attached hydrogens (tertiary/aromatic N) is 1. The summed E-state index contributed by atoms with van der Waals surface area (Å²) < 4.78 is 13.3. The van der Waals surface area contributed by atoms with E-state index in [1.165, 1.54) is 12.1 Å².